The first-order valence-corrected chi connectivity index (χ1v) is 6.86. The Morgan fingerprint density at radius 1 is 1.11 bits per heavy atom. The van der Waals surface area contributed by atoms with Gasteiger partial charge in [-0.15, -0.1) is 0 Å². The Bertz CT molecular complexity index is 409. The first-order valence-electron chi connectivity index (χ1n) is 6.86. The summed E-state index contributed by atoms with van der Waals surface area (Å²) < 4.78 is 12.9. The van der Waals surface area contributed by atoms with Crippen LogP contribution in [0.3, 0.4) is 0 Å². The highest BCUT2D eigenvalue weighted by atomic mass is 19.1. The van der Waals surface area contributed by atoms with Crippen LogP contribution in [0, 0.1) is 17.1 Å². The van der Waals surface area contributed by atoms with Crippen molar-refractivity contribution in [2.24, 2.45) is 0 Å². The third kappa shape index (κ3) is 4.65. The van der Waals surface area contributed by atoms with E-state index in [1.54, 1.807) is 12.1 Å². The smallest absolute Gasteiger partial charge is 0.123 e. The van der Waals surface area contributed by atoms with Gasteiger partial charge in [0.2, 0.25) is 0 Å². The Labute approximate surface area is 115 Å². The molecule has 2 nitrogen and oxygen atoms in total. The third-order valence-electron chi connectivity index (χ3n) is 3.43. The molecule has 3 heteroatoms. The molecule has 0 fully saturated rings. The van der Waals surface area contributed by atoms with Gasteiger partial charge < -0.3 is 0 Å². The second kappa shape index (κ2) is 7.25. The second-order valence-corrected chi connectivity index (χ2v) is 5.45. The molecule has 0 aromatic heterocycles. The Morgan fingerprint density at radius 2 is 1.63 bits per heavy atom. The van der Waals surface area contributed by atoms with E-state index in [4.69, 9.17) is 0 Å². The van der Waals surface area contributed by atoms with E-state index in [2.05, 4.69) is 38.7 Å². The van der Waals surface area contributed by atoms with Crippen LogP contribution in [0.2, 0.25) is 0 Å². The first-order chi connectivity index (χ1) is 8.95. The molecule has 0 amide bonds. The molecule has 1 aromatic carbocycles. The normalized spacial score (nSPS) is 13.0. The molecule has 104 valence electrons. The molecular formula is C16H23FN2. The number of benzene rings is 1. The van der Waals surface area contributed by atoms with Crippen molar-refractivity contribution in [1.29, 1.82) is 5.26 Å². The molecule has 19 heavy (non-hydrogen) atoms. The summed E-state index contributed by atoms with van der Waals surface area (Å²) in [6.07, 6.45) is 0.776. The molecule has 1 aromatic rings. The summed E-state index contributed by atoms with van der Waals surface area (Å²) in [4.78, 5) is 2.37. The Kier molecular flexibility index (Phi) is 5.98. The lowest BCUT2D eigenvalue weighted by molar-refractivity contribution is 0.171. The maximum Gasteiger partial charge on any atom is 0.123 e. The Hall–Kier alpha value is -1.40. The molecule has 0 aliphatic heterocycles. The van der Waals surface area contributed by atoms with Gasteiger partial charge in [-0.3, -0.25) is 4.90 Å². The van der Waals surface area contributed by atoms with Crippen LogP contribution < -0.4 is 0 Å². The molecule has 0 aliphatic rings. The summed E-state index contributed by atoms with van der Waals surface area (Å²) in [6, 6.07) is 9.50. The summed E-state index contributed by atoms with van der Waals surface area (Å²) in [5, 5.41) is 9.28. The average molecular weight is 262 g/mol. The van der Waals surface area contributed by atoms with Gasteiger partial charge >= 0.3 is 0 Å². The van der Waals surface area contributed by atoms with E-state index in [9.17, 15) is 9.65 Å². The monoisotopic (exact) mass is 262 g/mol. The van der Waals surface area contributed by atoms with Crippen LogP contribution in [0.5, 0.6) is 0 Å². The fraction of sp³-hybridized carbons (Fsp3) is 0.562. The predicted molar refractivity (Wildman–Crippen MR) is 76.3 cm³/mol. The zero-order valence-corrected chi connectivity index (χ0v) is 12.2. The average Bonchev–Trinajstić information content (AvgIpc) is 2.35. The van der Waals surface area contributed by atoms with Crippen molar-refractivity contribution in [1.82, 2.24) is 4.90 Å². The van der Waals surface area contributed by atoms with Crippen molar-refractivity contribution < 1.29 is 4.39 Å². The van der Waals surface area contributed by atoms with Crippen LogP contribution in [-0.2, 0) is 0 Å². The predicted octanol–water partition coefficient (Wildman–Crippen LogP) is 3.94. The van der Waals surface area contributed by atoms with Crippen molar-refractivity contribution in [3.63, 3.8) is 0 Å². The fourth-order valence-corrected chi connectivity index (χ4v) is 2.39. The van der Waals surface area contributed by atoms with Gasteiger partial charge in [-0.25, -0.2) is 4.39 Å². The van der Waals surface area contributed by atoms with Crippen molar-refractivity contribution in [3.8, 4) is 6.07 Å². The Morgan fingerprint density at radius 3 is 2.05 bits per heavy atom. The van der Waals surface area contributed by atoms with Gasteiger partial charge in [0.05, 0.1) is 12.0 Å². The third-order valence-corrected chi connectivity index (χ3v) is 3.43. The lowest BCUT2D eigenvalue weighted by atomic mass is 9.96. The first kappa shape index (κ1) is 15.7. The fourth-order valence-electron chi connectivity index (χ4n) is 2.39. The van der Waals surface area contributed by atoms with Gasteiger partial charge in [-0.2, -0.15) is 5.26 Å². The van der Waals surface area contributed by atoms with E-state index in [1.165, 1.54) is 12.1 Å². The topological polar surface area (TPSA) is 27.0 Å². The minimum Gasteiger partial charge on any atom is -0.298 e. The van der Waals surface area contributed by atoms with Gasteiger partial charge in [0.25, 0.3) is 0 Å². The molecule has 0 bridgehead atoms. The van der Waals surface area contributed by atoms with Crippen molar-refractivity contribution in [2.75, 3.05) is 6.54 Å². The summed E-state index contributed by atoms with van der Waals surface area (Å²) >= 11 is 0. The van der Waals surface area contributed by atoms with Crippen LogP contribution in [0.4, 0.5) is 4.39 Å². The number of hydrogen-bond acceptors (Lipinski definition) is 2. The standard InChI is InChI=1S/C16H23FN2/c1-12(2)19(13(3)4)10-9-15(11-18)14-5-7-16(17)8-6-14/h5-8,12-13,15H,9-10H2,1-4H3. The molecular weight excluding hydrogens is 239 g/mol. The highest BCUT2D eigenvalue weighted by Gasteiger charge is 2.17. The minimum absolute atomic E-state index is 0.166. The molecule has 1 atom stereocenters. The summed E-state index contributed by atoms with van der Waals surface area (Å²) in [6.45, 7) is 9.54. The van der Waals surface area contributed by atoms with Gasteiger partial charge in [0.1, 0.15) is 5.82 Å². The van der Waals surface area contributed by atoms with Gasteiger partial charge in [0.15, 0.2) is 0 Å². The SMILES string of the molecule is CC(C)N(CCC(C#N)c1ccc(F)cc1)C(C)C. The van der Waals surface area contributed by atoms with E-state index in [1.807, 2.05) is 0 Å². The molecule has 0 saturated carbocycles. The second-order valence-electron chi connectivity index (χ2n) is 5.45. The summed E-state index contributed by atoms with van der Waals surface area (Å²) in [5.74, 6) is -0.424. The van der Waals surface area contributed by atoms with E-state index >= 15 is 0 Å². The molecule has 0 aliphatic carbocycles. The molecule has 0 N–H and O–H groups in total. The van der Waals surface area contributed by atoms with Gasteiger partial charge in [-0.05, 0) is 51.8 Å². The zero-order valence-electron chi connectivity index (χ0n) is 12.2. The highest BCUT2D eigenvalue weighted by molar-refractivity contribution is 5.25. The van der Waals surface area contributed by atoms with E-state index in [-0.39, 0.29) is 11.7 Å². The molecule has 1 rings (SSSR count). The lowest BCUT2D eigenvalue weighted by Crippen LogP contribution is -2.38. The van der Waals surface area contributed by atoms with E-state index < -0.39 is 0 Å². The highest BCUT2D eigenvalue weighted by Crippen LogP contribution is 2.20. The number of hydrogen-bond donors (Lipinski definition) is 0. The maximum atomic E-state index is 12.9. The van der Waals surface area contributed by atoms with E-state index in [0.717, 1.165) is 18.5 Å². The lowest BCUT2D eigenvalue weighted by Gasteiger charge is -2.31. The molecule has 0 spiro atoms. The van der Waals surface area contributed by atoms with Gasteiger partial charge in [0, 0.05) is 18.6 Å². The molecule has 0 radical (unpaired) electrons. The van der Waals surface area contributed by atoms with Crippen LogP contribution in [-0.4, -0.2) is 23.5 Å². The largest absolute Gasteiger partial charge is 0.298 e. The maximum absolute atomic E-state index is 12.9. The minimum atomic E-state index is -0.258. The van der Waals surface area contributed by atoms with Crippen molar-refractivity contribution in [3.05, 3.63) is 35.6 Å². The molecule has 1 unspecified atom stereocenters. The van der Waals surface area contributed by atoms with Crippen LogP contribution in [0.15, 0.2) is 24.3 Å². The van der Waals surface area contributed by atoms with Crippen molar-refractivity contribution >= 4 is 0 Å². The Balaban J connectivity index is 2.68. The van der Waals surface area contributed by atoms with Crippen molar-refractivity contribution in [2.45, 2.75) is 52.1 Å². The number of halogens is 1. The number of rotatable bonds is 6. The van der Waals surface area contributed by atoms with Crippen LogP contribution >= 0.6 is 0 Å². The summed E-state index contributed by atoms with van der Waals surface area (Å²) in [5.41, 5.74) is 0.899. The number of nitrogens with zero attached hydrogens (tertiary/aromatic N) is 2. The van der Waals surface area contributed by atoms with Crippen LogP contribution in [0.1, 0.15) is 45.6 Å². The van der Waals surface area contributed by atoms with E-state index in [0.29, 0.717) is 12.1 Å². The molecule has 0 saturated heterocycles. The van der Waals surface area contributed by atoms with Gasteiger partial charge in [-0.1, -0.05) is 12.1 Å². The zero-order chi connectivity index (χ0) is 14.4. The number of nitriles is 1. The molecule has 0 heterocycles. The summed E-state index contributed by atoms with van der Waals surface area (Å²) in [7, 11) is 0. The van der Waals surface area contributed by atoms with Crippen LogP contribution in [0.25, 0.3) is 0 Å². The quantitative estimate of drug-likeness (QED) is 0.776.